The van der Waals surface area contributed by atoms with Crippen molar-refractivity contribution >= 4 is 61.0 Å². The van der Waals surface area contributed by atoms with Crippen LogP contribution in [0.15, 0.2) is 52.3 Å². The standard InChI is InChI=1S/C28H24N4O6S3/c1-38-27-15(10-11-16-25(27)32(14-8-9-14)13-18(26(16)33)28(34)35)22-12-17-19(4-2-6-21(17)39-22)31-41(36,37)23-7-3-5-20-24(23)30-40-29-20/h3,5,7,10-14,19,31H,2,4,6,8-9H2,1H3,(H,34,35). The topological polar surface area (TPSA) is 140 Å². The molecule has 0 spiro atoms. The zero-order valence-corrected chi connectivity index (χ0v) is 24.2. The number of benzene rings is 2. The Morgan fingerprint density at radius 1 is 1.17 bits per heavy atom. The van der Waals surface area contributed by atoms with Gasteiger partial charge in [-0.15, -0.1) is 11.3 Å². The number of carboxylic acid groups (broad SMARTS) is 1. The highest BCUT2D eigenvalue weighted by Gasteiger charge is 2.32. The van der Waals surface area contributed by atoms with Crippen LogP contribution in [-0.4, -0.2) is 39.9 Å². The van der Waals surface area contributed by atoms with E-state index < -0.39 is 27.5 Å². The normalized spacial score (nSPS) is 17.1. The smallest absolute Gasteiger partial charge is 0.341 e. The predicted octanol–water partition coefficient (Wildman–Crippen LogP) is 5.13. The molecule has 0 saturated heterocycles. The van der Waals surface area contributed by atoms with E-state index in [1.165, 1.54) is 6.20 Å². The van der Waals surface area contributed by atoms with Crippen LogP contribution in [0, 0.1) is 0 Å². The molecule has 1 atom stereocenters. The first kappa shape index (κ1) is 26.3. The molecule has 7 rings (SSSR count). The molecule has 0 radical (unpaired) electrons. The lowest BCUT2D eigenvalue weighted by Gasteiger charge is -2.23. The van der Waals surface area contributed by atoms with Crippen molar-refractivity contribution in [3.8, 4) is 16.2 Å². The van der Waals surface area contributed by atoms with Gasteiger partial charge in [-0.05, 0) is 68.0 Å². The molecule has 3 aromatic heterocycles. The number of fused-ring (bicyclic) bond motifs is 3. The van der Waals surface area contributed by atoms with E-state index in [2.05, 4.69) is 13.5 Å². The number of nitrogens with one attached hydrogen (secondary N) is 1. The van der Waals surface area contributed by atoms with E-state index in [4.69, 9.17) is 4.74 Å². The van der Waals surface area contributed by atoms with E-state index >= 15 is 0 Å². The summed E-state index contributed by atoms with van der Waals surface area (Å²) in [5.74, 6) is -0.752. The van der Waals surface area contributed by atoms with Crippen LogP contribution in [0.2, 0.25) is 0 Å². The third-order valence-corrected chi connectivity index (χ3v) is 11.0. The van der Waals surface area contributed by atoms with Crippen molar-refractivity contribution in [3.05, 3.63) is 68.8 Å². The van der Waals surface area contributed by atoms with Crippen molar-refractivity contribution in [2.45, 2.75) is 49.1 Å². The van der Waals surface area contributed by atoms with Crippen LogP contribution in [0.1, 0.15) is 58.6 Å². The van der Waals surface area contributed by atoms with Crippen LogP contribution < -0.4 is 14.9 Å². The lowest BCUT2D eigenvalue weighted by Crippen LogP contribution is -2.30. The van der Waals surface area contributed by atoms with E-state index in [1.54, 1.807) is 48.8 Å². The number of aryl methyl sites for hydroxylation is 1. The fourth-order valence-corrected chi connectivity index (χ4v) is 8.98. The minimum Gasteiger partial charge on any atom is -0.494 e. The first-order valence-corrected chi connectivity index (χ1v) is 16.2. The SMILES string of the molecule is COc1c(-c2cc3c(s2)CCCC3NS(=O)(=O)c2cccc3nsnc23)ccc2c(=O)c(C(=O)O)cn(C3CC3)c12. The number of aromatic nitrogens is 3. The molecule has 13 heteroatoms. The third kappa shape index (κ3) is 4.35. The van der Waals surface area contributed by atoms with Gasteiger partial charge in [0.05, 0.1) is 29.7 Å². The van der Waals surface area contributed by atoms with Crippen molar-refractivity contribution in [3.63, 3.8) is 0 Å². The number of methoxy groups -OCH3 is 1. The molecular formula is C28H24N4O6S3. The Labute approximate surface area is 242 Å². The predicted molar refractivity (Wildman–Crippen MR) is 157 cm³/mol. The molecule has 5 aromatic rings. The average Bonchev–Trinajstić information content (AvgIpc) is 3.51. The number of thiophene rings is 1. The summed E-state index contributed by atoms with van der Waals surface area (Å²) in [6, 6.07) is 10.1. The maximum atomic E-state index is 13.5. The maximum Gasteiger partial charge on any atom is 0.341 e. The molecule has 1 fully saturated rings. The van der Waals surface area contributed by atoms with Crippen molar-refractivity contribution in [1.82, 2.24) is 18.0 Å². The Balaban J connectivity index is 1.32. The summed E-state index contributed by atoms with van der Waals surface area (Å²) >= 11 is 2.56. The minimum absolute atomic E-state index is 0.105. The molecule has 41 heavy (non-hydrogen) atoms. The van der Waals surface area contributed by atoms with Crippen molar-refractivity contribution in [1.29, 1.82) is 0 Å². The van der Waals surface area contributed by atoms with Crippen LogP contribution in [0.5, 0.6) is 5.75 Å². The van der Waals surface area contributed by atoms with Gasteiger partial charge < -0.3 is 14.4 Å². The second-order valence-corrected chi connectivity index (χ2v) is 13.6. The molecule has 2 aliphatic carbocycles. The Kier molecular flexibility index (Phi) is 6.23. The molecular weight excluding hydrogens is 585 g/mol. The molecule has 3 heterocycles. The first-order valence-electron chi connectivity index (χ1n) is 13.1. The van der Waals surface area contributed by atoms with Gasteiger partial charge in [0.15, 0.2) is 5.75 Å². The molecule has 2 N–H and O–H groups in total. The van der Waals surface area contributed by atoms with Gasteiger partial charge in [-0.25, -0.2) is 17.9 Å². The molecule has 2 aliphatic rings. The second kappa shape index (κ2) is 9.72. The zero-order valence-electron chi connectivity index (χ0n) is 21.8. The van der Waals surface area contributed by atoms with E-state index in [-0.39, 0.29) is 16.5 Å². The molecule has 1 saturated carbocycles. The van der Waals surface area contributed by atoms with E-state index in [1.807, 2.05) is 10.6 Å². The van der Waals surface area contributed by atoms with Gasteiger partial charge in [-0.3, -0.25) is 4.79 Å². The second-order valence-electron chi connectivity index (χ2n) is 10.3. The molecule has 210 valence electrons. The van der Waals surface area contributed by atoms with Gasteiger partial charge in [-0.1, -0.05) is 6.07 Å². The summed E-state index contributed by atoms with van der Waals surface area (Å²) in [6.07, 6.45) is 5.53. The summed E-state index contributed by atoms with van der Waals surface area (Å²) in [4.78, 5) is 27.0. The number of carboxylic acids is 1. The van der Waals surface area contributed by atoms with Crippen LogP contribution in [0.3, 0.4) is 0 Å². The number of nitrogens with zero attached hydrogens (tertiary/aromatic N) is 3. The van der Waals surface area contributed by atoms with Gasteiger partial charge in [0.25, 0.3) is 0 Å². The van der Waals surface area contributed by atoms with E-state index in [0.717, 1.165) is 58.3 Å². The highest BCUT2D eigenvalue weighted by Crippen LogP contribution is 2.46. The molecule has 0 amide bonds. The van der Waals surface area contributed by atoms with Gasteiger partial charge in [0.2, 0.25) is 15.5 Å². The highest BCUT2D eigenvalue weighted by molar-refractivity contribution is 7.89. The summed E-state index contributed by atoms with van der Waals surface area (Å²) in [6.45, 7) is 0. The number of pyridine rings is 1. The van der Waals surface area contributed by atoms with Crippen LogP contribution in [-0.2, 0) is 16.4 Å². The van der Waals surface area contributed by atoms with E-state index in [9.17, 15) is 23.1 Å². The fourth-order valence-electron chi connectivity index (χ4n) is 5.67. The summed E-state index contributed by atoms with van der Waals surface area (Å²) in [5, 5.41) is 9.93. The number of rotatable bonds is 7. The largest absolute Gasteiger partial charge is 0.494 e. The van der Waals surface area contributed by atoms with Gasteiger partial charge in [0, 0.05) is 33.6 Å². The molecule has 10 nitrogen and oxygen atoms in total. The number of sulfonamides is 1. The maximum absolute atomic E-state index is 13.5. The highest BCUT2D eigenvalue weighted by atomic mass is 32.2. The van der Waals surface area contributed by atoms with E-state index in [0.29, 0.717) is 34.1 Å². The number of hydrogen-bond donors (Lipinski definition) is 2. The Bertz CT molecular complexity index is 2040. The summed E-state index contributed by atoms with van der Waals surface area (Å²) < 4.78 is 46.0. The molecule has 0 aliphatic heterocycles. The monoisotopic (exact) mass is 608 g/mol. The van der Waals surface area contributed by atoms with Crippen molar-refractivity contribution < 1.29 is 23.1 Å². The fraction of sp³-hybridized carbons (Fsp3) is 0.286. The van der Waals surface area contributed by atoms with Crippen molar-refractivity contribution in [2.75, 3.05) is 7.11 Å². The summed E-state index contributed by atoms with van der Waals surface area (Å²) in [7, 11) is -2.33. The Morgan fingerprint density at radius 3 is 2.76 bits per heavy atom. The first-order chi connectivity index (χ1) is 19.8. The molecule has 1 unspecified atom stereocenters. The molecule has 2 aromatic carbocycles. The Morgan fingerprint density at radius 2 is 2.00 bits per heavy atom. The van der Waals surface area contributed by atoms with Crippen LogP contribution in [0.25, 0.3) is 32.4 Å². The number of ether oxygens (including phenoxy) is 1. The summed E-state index contributed by atoms with van der Waals surface area (Å²) in [5.41, 5.74) is 2.38. The molecule has 0 bridgehead atoms. The van der Waals surface area contributed by atoms with Gasteiger partial charge in [-0.2, -0.15) is 8.75 Å². The van der Waals surface area contributed by atoms with Crippen molar-refractivity contribution in [2.24, 2.45) is 0 Å². The average molecular weight is 609 g/mol. The zero-order chi connectivity index (χ0) is 28.5. The Hall–Kier alpha value is -3.65. The van der Waals surface area contributed by atoms with Crippen LogP contribution >= 0.6 is 23.1 Å². The minimum atomic E-state index is -3.87. The number of hydrogen-bond acceptors (Lipinski definition) is 9. The lowest BCUT2D eigenvalue weighted by molar-refractivity contribution is 0.0694. The number of aromatic carboxylic acids is 1. The number of carbonyl (C=O) groups is 1. The van der Waals surface area contributed by atoms with Gasteiger partial charge >= 0.3 is 5.97 Å². The quantitative estimate of drug-likeness (QED) is 0.259. The third-order valence-electron chi connectivity index (χ3n) is 7.74. The van der Waals surface area contributed by atoms with Crippen LogP contribution in [0.4, 0.5) is 0 Å². The van der Waals surface area contributed by atoms with Gasteiger partial charge in [0.1, 0.15) is 21.5 Å². The lowest BCUT2D eigenvalue weighted by atomic mass is 9.94.